The number of ether oxygens (including phenoxy) is 3. The zero-order valence-corrected chi connectivity index (χ0v) is 18.8. The van der Waals surface area contributed by atoms with Gasteiger partial charge >= 0.3 is 6.09 Å². The first-order valence-electron chi connectivity index (χ1n) is 9.30. The van der Waals surface area contributed by atoms with Crippen LogP contribution in [-0.4, -0.2) is 51.5 Å². The fourth-order valence-electron chi connectivity index (χ4n) is 3.47. The van der Waals surface area contributed by atoms with E-state index in [-0.39, 0.29) is 6.09 Å². The number of likely N-dealkylation sites (tertiary alicyclic amines) is 1. The maximum atomic E-state index is 13.0. The van der Waals surface area contributed by atoms with E-state index in [9.17, 15) is 4.79 Å². The molecular weight excluding hydrogens is 362 g/mol. The lowest BCUT2D eigenvalue weighted by Gasteiger charge is -2.41. The number of hydrogen-bond donors (Lipinski definition) is 0. The van der Waals surface area contributed by atoms with Crippen LogP contribution in [0.25, 0.3) is 0 Å². The number of carbonyl (C=O) groups excluding carboxylic acids is 1. The summed E-state index contributed by atoms with van der Waals surface area (Å²) in [5.41, 5.74) is 0.267. The molecule has 1 heterocycles. The summed E-state index contributed by atoms with van der Waals surface area (Å²) in [6.45, 7) is 12.4. The third-order valence-corrected chi connectivity index (χ3v) is 5.27. The lowest BCUT2D eigenvalue weighted by molar-refractivity contribution is -0.186. The van der Waals surface area contributed by atoms with Crippen molar-refractivity contribution in [2.75, 3.05) is 20.8 Å². The highest BCUT2D eigenvalue weighted by Crippen LogP contribution is 2.48. The van der Waals surface area contributed by atoms with Crippen LogP contribution in [0.15, 0.2) is 24.3 Å². The summed E-state index contributed by atoms with van der Waals surface area (Å²) in [5, 5.41) is 0. The van der Waals surface area contributed by atoms with Crippen molar-refractivity contribution in [2.24, 2.45) is 0 Å². The Balaban J connectivity index is 2.54. The normalized spacial score (nSPS) is 23.4. The zero-order chi connectivity index (χ0) is 20.5. The van der Waals surface area contributed by atoms with Gasteiger partial charge in [-0.2, -0.15) is 0 Å². The first-order chi connectivity index (χ1) is 12.4. The van der Waals surface area contributed by atoms with E-state index in [1.165, 1.54) is 0 Å². The molecule has 0 N–H and O–H groups in total. The monoisotopic (exact) mass is 395 g/mol. The Kier molecular flexibility index (Phi) is 6.29. The average molecular weight is 396 g/mol. The molecule has 0 aliphatic carbocycles. The molecule has 7 heteroatoms. The van der Waals surface area contributed by atoms with Crippen molar-refractivity contribution in [2.45, 2.75) is 64.3 Å². The van der Waals surface area contributed by atoms with Crippen molar-refractivity contribution in [1.29, 1.82) is 0 Å². The fourth-order valence-corrected chi connectivity index (χ4v) is 4.81. The molecule has 152 valence electrons. The molecule has 1 fully saturated rings. The van der Waals surface area contributed by atoms with Crippen molar-refractivity contribution >= 4 is 14.4 Å². The minimum absolute atomic E-state index is 0.378. The van der Waals surface area contributed by atoms with Gasteiger partial charge in [-0.1, -0.05) is 18.2 Å². The second-order valence-electron chi connectivity index (χ2n) is 8.80. The van der Waals surface area contributed by atoms with Crippen LogP contribution in [0.5, 0.6) is 5.75 Å². The second-order valence-corrected chi connectivity index (χ2v) is 13.2. The van der Waals surface area contributed by atoms with Gasteiger partial charge in [0.1, 0.15) is 17.4 Å². The third-order valence-electron chi connectivity index (χ3n) is 4.32. The standard InChI is InChI=1S/C20H33NO5Si/c1-19(2,3)25-18(22)21-14-13-20(24-5,26-27(6,7)8)17(21)15-11-9-10-12-16(15)23-4/h9-12,17H,13-14H2,1-8H3. The van der Waals surface area contributed by atoms with Crippen LogP contribution in [0.4, 0.5) is 4.79 Å². The summed E-state index contributed by atoms with van der Waals surface area (Å²) < 4.78 is 23.7. The highest BCUT2D eigenvalue weighted by molar-refractivity contribution is 6.69. The topological polar surface area (TPSA) is 57.2 Å². The largest absolute Gasteiger partial charge is 0.496 e. The van der Waals surface area contributed by atoms with Gasteiger partial charge in [0.05, 0.1) is 7.11 Å². The van der Waals surface area contributed by atoms with Crippen molar-refractivity contribution in [3.05, 3.63) is 29.8 Å². The molecule has 0 radical (unpaired) electrons. The predicted molar refractivity (Wildman–Crippen MR) is 107 cm³/mol. The lowest BCUT2D eigenvalue weighted by Crippen LogP contribution is -2.49. The first kappa shape index (κ1) is 21.7. The molecule has 2 rings (SSSR count). The van der Waals surface area contributed by atoms with E-state index in [1.54, 1.807) is 19.1 Å². The number of methoxy groups -OCH3 is 2. The highest BCUT2D eigenvalue weighted by Gasteiger charge is 2.55. The summed E-state index contributed by atoms with van der Waals surface area (Å²) in [4.78, 5) is 14.7. The van der Waals surface area contributed by atoms with E-state index in [4.69, 9.17) is 18.6 Å². The smallest absolute Gasteiger partial charge is 0.410 e. The van der Waals surface area contributed by atoms with Crippen LogP contribution in [0.3, 0.4) is 0 Å². The molecule has 0 aromatic heterocycles. The Bertz CT molecular complexity index is 667. The zero-order valence-electron chi connectivity index (χ0n) is 17.8. The molecule has 1 saturated heterocycles. The Morgan fingerprint density at radius 1 is 1.19 bits per heavy atom. The van der Waals surface area contributed by atoms with Gasteiger partial charge in [0, 0.05) is 25.6 Å². The van der Waals surface area contributed by atoms with Gasteiger partial charge in [-0.3, -0.25) is 4.90 Å². The van der Waals surface area contributed by atoms with Crippen molar-refractivity contribution in [3.63, 3.8) is 0 Å². The van der Waals surface area contributed by atoms with Crippen LogP contribution in [-0.2, 0) is 13.9 Å². The molecule has 0 spiro atoms. The quantitative estimate of drug-likeness (QED) is 0.540. The molecule has 6 nitrogen and oxygen atoms in total. The SMILES string of the molecule is COc1ccccc1C1N(C(=O)OC(C)(C)C)CCC1(OC)O[Si](C)(C)C. The van der Waals surface area contributed by atoms with E-state index in [1.807, 2.05) is 45.0 Å². The summed E-state index contributed by atoms with van der Waals surface area (Å²) in [6, 6.07) is 7.21. The lowest BCUT2D eigenvalue weighted by atomic mass is 9.98. The molecule has 1 aromatic carbocycles. The Morgan fingerprint density at radius 2 is 1.81 bits per heavy atom. The summed E-state index contributed by atoms with van der Waals surface area (Å²) >= 11 is 0. The van der Waals surface area contributed by atoms with Crippen molar-refractivity contribution in [1.82, 2.24) is 4.90 Å². The highest BCUT2D eigenvalue weighted by atomic mass is 28.4. The molecule has 0 saturated carbocycles. The predicted octanol–water partition coefficient (Wildman–Crippen LogP) is 4.57. The van der Waals surface area contributed by atoms with E-state index in [0.29, 0.717) is 18.7 Å². The Labute approximate surface area is 163 Å². The molecular formula is C20H33NO5Si. The second kappa shape index (κ2) is 7.81. The van der Waals surface area contributed by atoms with Crippen molar-refractivity contribution < 1.29 is 23.4 Å². The molecule has 0 bridgehead atoms. The number of para-hydroxylation sites is 1. The first-order valence-corrected chi connectivity index (χ1v) is 12.7. The van der Waals surface area contributed by atoms with Gasteiger partial charge in [-0.25, -0.2) is 4.79 Å². The number of nitrogens with zero attached hydrogens (tertiary/aromatic N) is 1. The van der Waals surface area contributed by atoms with E-state index in [2.05, 4.69) is 19.6 Å². The average Bonchev–Trinajstić information content (AvgIpc) is 2.91. The molecule has 1 amide bonds. The molecule has 27 heavy (non-hydrogen) atoms. The summed E-state index contributed by atoms with van der Waals surface area (Å²) in [5.74, 6) is -0.241. The summed E-state index contributed by atoms with van der Waals surface area (Å²) in [7, 11) is 1.29. The number of hydrogen-bond acceptors (Lipinski definition) is 5. The van der Waals surface area contributed by atoms with E-state index < -0.39 is 25.7 Å². The summed E-state index contributed by atoms with van der Waals surface area (Å²) in [6.07, 6.45) is 0.187. The minimum atomic E-state index is -1.97. The maximum absolute atomic E-state index is 13.0. The Hall–Kier alpha value is -1.57. The molecule has 1 aliphatic heterocycles. The molecule has 2 atom stereocenters. The van der Waals surface area contributed by atoms with Gasteiger partial charge in [0.25, 0.3) is 0 Å². The molecule has 1 aliphatic rings. The van der Waals surface area contributed by atoms with E-state index >= 15 is 0 Å². The molecule has 2 unspecified atom stereocenters. The maximum Gasteiger partial charge on any atom is 0.410 e. The van der Waals surface area contributed by atoms with Crippen LogP contribution in [0, 0.1) is 0 Å². The van der Waals surface area contributed by atoms with Gasteiger partial charge in [-0.15, -0.1) is 0 Å². The number of benzene rings is 1. The van der Waals surface area contributed by atoms with Gasteiger partial charge in [-0.05, 0) is 46.5 Å². The van der Waals surface area contributed by atoms with Crippen molar-refractivity contribution in [3.8, 4) is 5.75 Å². The minimum Gasteiger partial charge on any atom is -0.496 e. The third kappa shape index (κ3) is 5.03. The van der Waals surface area contributed by atoms with Crippen LogP contribution >= 0.6 is 0 Å². The van der Waals surface area contributed by atoms with Gasteiger partial charge in [0.15, 0.2) is 14.1 Å². The number of amides is 1. The van der Waals surface area contributed by atoms with E-state index in [0.717, 1.165) is 5.56 Å². The molecule has 1 aromatic rings. The Morgan fingerprint density at radius 3 is 2.33 bits per heavy atom. The number of carbonyl (C=O) groups is 1. The fraction of sp³-hybridized carbons (Fsp3) is 0.650. The van der Waals surface area contributed by atoms with Crippen LogP contribution in [0.1, 0.15) is 38.8 Å². The number of rotatable bonds is 5. The van der Waals surface area contributed by atoms with Crippen LogP contribution < -0.4 is 4.74 Å². The van der Waals surface area contributed by atoms with Gasteiger partial charge in [0.2, 0.25) is 0 Å². The van der Waals surface area contributed by atoms with Crippen LogP contribution in [0.2, 0.25) is 19.6 Å². The van der Waals surface area contributed by atoms with Gasteiger partial charge < -0.3 is 18.6 Å².